The molecule has 90 valence electrons. The molecule has 0 bridgehead atoms. The zero-order chi connectivity index (χ0) is 12.1. The Morgan fingerprint density at radius 1 is 1.29 bits per heavy atom. The van der Waals surface area contributed by atoms with Gasteiger partial charge in [0.1, 0.15) is 0 Å². The van der Waals surface area contributed by atoms with Gasteiger partial charge in [0.15, 0.2) is 0 Å². The van der Waals surface area contributed by atoms with E-state index >= 15 is 0 Å². The van der Waals surface area contributed by atoms with Crippen LogP contribution in [0.4, 0.5) is 0 Å². The van der Waals surface area contributed by atoms with Gasteiger partial charge < -0.3 is 5.11 Å². The summed E-state index contributed by atoms with van der Waals surface area (Å²) in [5.74, 6) is 0.427. The molecular formula is C13H14ClNOS. The molecule has 2 nitrogen and oxygen atoms in total. The maximum Gasteiger partial charge on any atom is 0.0971 e. The number of alkyl halides is 1. The lowest BCUT2D eigenvalue weighted by molar-refractivity contribution is 0.0336. The van der Waals surface area contributed by atoms with Gasteiger partial charge >= 0.3 is 0 Å². The molecule has 0 saturated carbocycles. The average Bonchev–Trinajstić information content (AvgIpc) is 2.83. The van der Waals surface area contributed by atoms with Crippen molar-refractivity contribution in [2.75, 3.05) is 5.88 Å². The van der Waals surface area contributed by atoms with Crippen LogP contribution >= 0.6 is 22.9 Å². The number of halogens is 1. The van der Waals surface area contributed by atoms with Crippen LogP contribution in [0.15, 0.2) is 41.9 Å². The Labute approximate surface area is 110 Å². The van der Waals surface area contributed by atoms with Crippen molar-refractivity contribution in [1.82, 2.24) is 4.98 Å². The van der Waals surface area contributed by atoms with Gasteiger partial charge in [-0.3, -0.25) is 0 Å². The van der Waals surface area contributed by atoms with Gasteiger partial charge in [-0.15, -0.1) is 22.9 Å². The second-order valence-electron chi connectivity index (χ2n) is 3.94. The van der Waals surface area contributed by atoms with Crippen molar-refractivity contribution in [3.8, 4) is 0 Å². The summed E-state index contributed by atoms with van der Waals surface area (Å²) < 4.78 is 0. The molecule has 1 aromatic heterocycles. The predicted octanol–water partition coefficient (Wildman–Crippen LogP) is 3.20. The largest absolute Gasteiger partial charge is 0.385 e. The van der Waals surface area contributed by atoms with E-state index in [-0.39, 0.29) is 0 Å². The monoisotopic (exact) mass is 267 g/mol. The fraction of sp³-hybridized carbons (Fsp3) is 0.308. The highest BCUT2D eigenvalue weighted by atomic mass is 35.5. The summed E-state index contributed by atoms with van der Waals surface area (Å²) in [6.07, 6.45) is 2.80. The SMILES string of the molecule is OC(CCCl)(Cc1nccs1)c1ccccc1. The third-order valence-electron chi connectivity index (χ3n) is 2.75. The van der Waals surface area contributed by atoms with E-state index in [1.54, 1.807) is 17.5 Å². The molecule has 0 spiro atoms. The normalized spacial score (nSPS) is 14.5. The number of rotatable bonds is 5. The second kappa shape index (κ2) is 5.63. The van der Waals surface area contributed by atoms with E-state index in [2.05, 4.69) is 4.98 Å². The van der Waals surface area contributed by atoms with Crippen molar-refractivity contribution in [1.29, 1.82) is 0 Å². The number of aliphatic hydroxyl groups is 1. The lowest BCUT2D eigenvalue weighted by Crippen LogP contribution is -2.29. The Hall–Kier alpha value is -0.900. The Morgan fingerprint density at radius 3 is 2.65 bits per heavy atom. The highest BCUT2D eigenvalue weighted by Gasteiger charge is 2.29. The molecule has 0 aliphatic heterocycles. The van der Waals surface area contributed by atoms with Crippen LogP contribution in [0, 0.1) is 0 Å². The minimum Gasteiger partial charge on any atom is -0.385 e. The standard InChI is InChI=1S/C13H14ClNOS/c14-7-6-13(16,10-12-15-8-9-17-12)11-4-2-1-3-5-11/h1-5,8-9,16H,6-7,10H2. The molecule has 4 heteroatoms. The maximum atomic E-state index is 10.7. The first-order valence-electron chi connectivity index (χ1n) is 5.47. The molecular weight excluding hydrogens is 254 g/mol. The fourth-order valence-corrected chi connectivity index (χ4v) is 2.87. The molecule has 0 amide bonds. The van der Waals surface area contributed by atoms with Gasteiger partial charge in [-0.25, -0.2) is 4.98 Å². The van der Waals surface area contributed by atoms with Crippen LogP contribution in [-0.4, -0.2) is 16.0 Å². The van der Waals surface area contributed by atoms with Gasteiger partial charge in [0.05, 0.1) is 10.6 Å². The minimum absolute atomic E-state index is 0.427. The average molecular weight is 268 g/mol. The fourth-order valence-electron chi connectivity index (χ4n) is 1.83. The minimum atomic E-state index is -0.916. The van der Waals surface area contributed by atoms with Crippen molar-refractivity contribution in [3.05, 3.63) is 52.5 Å². The topological polar surface area (TPSA) is 33.1 Å². The molecule has 1 aromatic carbocycles. The zero-order valence-corrected chi connectivity index (χ0v) is 10.9. The van der Waals surface area contributed by atoms with Crippen molar-refractivity contribution in [2.45, 2.75) is 18.4 Å². The van der Waals surface area contributed by atoms with Gasteiger partial charge in [-0.2, -0.15) is 0 Å². The summed E-state index contributed by atoms with van der Waals surface area (Å²) >= 11 is 7.36. The molecule has 0 aliphatic carbocycles. The Morgan fingerprint density at radius 2 is 2.06 bits per heavy atom. The molecule has 2 rings (SSSR count). The Balaban J connectivity index is 2.26. The molecule has 0 radical (unpaired) electrons. The molecule has 1 heterocycles. The summed E-state index contributed by atoms with van der Waals surface area (Å²) in [6, 6.07) is 9.65. The second-order valence-corrected chi connectivity index (χ2v) is 5.30. The highest BCUT2D eigenvalue weighted by molar-refractivity contribution is 7.09. The van der Waals surface area contributed by atoms with Crippen LogP contribution in [-0.2, 0) is 12.0 Å². The summed E-state index contributed by atoms with van der Waals surface area (Å²) in [4.78, 5) is 4.22. The number of aromatic nitrogens is 1. The molecule has 1 atom stereocenters. The van der Waals surface area contributed by atoms with Crippen molar-refractivity contribution >= 4 is 22.9 Å². The number of benzene rings is 1. The number of hydrogen-bond acceptors (Lipinski definition) is 3. The van der Waals surface area contributed by atoms with Crippen molar-refractivity contribution < 1.29 is 5.11 Å². The lowest BCUT2D eigenvalue weighted by atomic mass is 9.88. The van der Waals surface area contributed by atoms with Gasteiger partial charge in [-0.1, -0.05) is 30.3 Å². The predicted molar refractivity (Wildman–Crippen MR) is 71.5 cm³/mol. The summed E-state index contributed by atoms with van der Waals surface area (Å²) in [5.41, 5.74) is -0.0169. The van der Waals surface area contributed by atoms with Crippen LogP contribution in [0.3, 0.4) is 0 Å². The third kappa shape index (κ3) is 3.06. The van der Waals surface area contributed by atoms with E-state index in [0.29, 0.717) is 18.7 Å². The van der Waals surface area contributed by atoms with E-state index in [1.807, 2.05) is 35.7 Å². The Bertz CT molecular complexity index is 446. The smallest absolute Gasteiger partial charge is 0.0971 e. The van der Waals surface area contributed by atoms with E-state index in [1.165, 1.54) is 0 Å². The first-order chi connectivity index (χ1) is 8.24. The number of hydrogen-bond donors (Lipinski definition) is 1. The molecule has 17 heavy (non-hydrogen) atoms. The lowest BCUT2D eigenvalue weighted by Gasteiger charge is -2.27. The molecule has 0 aliphatic rings. The molecule has 1 N–H and O–H groups in total. The summed E-state index contributed by atoms with van der Waals surface area (Å²) in [7, 11) is 0. The number of thiazole rings is 1. The maximum absolute atomic E-state index is 10.7. The first-order valence-corrected chi connectivity index (χ1v) is 6.88. The zero-order valence-electron chi connectivity index (χ0n) is 9.34. The summed E-state index contributed by atoms with van der Waals surface area (Å²) in [6.45, 7) is 0. The van der Waals surface area contributed by atoms with Crippen LogP contribution in [0.25, 0.3) is 0 Å². The number of nitrogens with zero attached hydrogens (tertiary/aromatic N) is 1. The molecule has 2 aromatic rings. The van der Waals surface area contributed by atoms with Crippen LogP contribution in [0.1, 0.15) is 17.0 Å². The van der Waals surface area contributed by atoms with Crippen LogP contribution < -0.4 is 0 Å². The van der Waals surface area contributed by atoms with Crippen molar-refractivity contribution in [2.24, 2.45) is 0 Å². The van der Waals surface area contributed by atoms with Gasteiger partial charge in [-0.05, 0) is 12.0 Å². The molecule has 1 unspecified atom stereocenters. The third-order valence-corrected chi connectivity index (χ3v) is 3.71. The quantitative estimate of drug-likeness (QED) is 0.844. The molecule has 0 fully saturated rings. The Kier molecular flexibility index (Phi) is 4.15. The first kappa shape index (κ1) is 12.6. The van der Waals surface area contributed by atoms with Gasteiger partial charge in [0.25, 0.3) is 0 Å². The van der Waals surface area contributed by atoms with E-state index in [9.17, 15) is 5.11 Å². The van der Waals surface area contributed by atoms with Crippen molar-refractivity contribution in [3.63, 3.8) is 0 Å². The summed E-state index contributed by atoms with van der Waals surface area (Å²) in [5, 5.41) is 13.6. The van der Waals surface area contributed by atoms with Gasteiger partial charge in [0.2, 0.25) is 0 Å². The van der Waals surface area contributed by atoms with Crippen LogP contribution in [0.5, 0.6) is 0 Å². The van der Waals surface area contributed by atoms with E-state index in [0.717, 1.165) is 10.6 Å². The van der Waals surface area contributed by atoms with E-state index in [4.69, 9.17) is 11.6 Å². The highest BCUT2D eigenvalue weighted by Crippen LogP contribution is 2.30. The van der Waals surface area contributed by atoms with E-state index < -0.39 is 5.60 Å². The van der Waals surface area contributed by atoms with Crippen LogP contribution in [0.2, 0.25) is 0 Å². The molecule has 0 saturated heterocycles. The van der Waals surface area contributed by atoms with Gasteiger partial charge in [0, 0.05) is 23.9 Å².